The molecule has 0 saturated carbocycles. The Hall–Kier alpha value is -2.65. The topological polar surface area (TPSA) is 160 Å². The van der Waals surface area contributed by atoms with Crippen molar-refractivity contribution in [3.05, 3.63) is 38.0 Å². The lowest BCUT2D eigenvalue weighted by atomic mass is 10.1. The van der Waals surface area contributed by atoms with E-state index in [9.17, 15) is 14.4 Å². The summed E-state index contributed by atoms with van der Waals surface area (Å²) in [4.78, 5) is 33.2. The number of rotatable bonds is 24. The molecule has 0 rings (SSSR count). The van der Waals surface area contributed by atoms with E-state index in [1.165, 1.54) is 0 Å². The van der Waals surface area contributed by atoms with E-state index >= 15 is 0 Å². The third kappa shape index (κ3) is 19.5. The van der Waals surface area contributed by atoms with Crippen LogP contribution in [0.15, 0.2) is 38.0 Å². The highest BCUT2D eigenvalue weighted by Crippen LogP contribution is 2.11. The van der Waals surface area contributed by atoms with Gasteiger partial charge in [0.05, 0.1) is 45.2 Å². The number of hydrogen-bond donors (Lipinski definition) is 1. The van der Waals surface area contributed by atoms with Gasteiger partial charge in [-0.3, -0.25) is 0 Å². The molecule has 0 aliphatic rings. The highest BCUT2D eigenvalue weighted by atomic mass is 16.7. The number of carbonyl (C=O) groups excluding carboxylic acids is 3. The predicted octanol–water partition coefficient (Wildman–Crippen LogP) is 1.01. The first kappa shape index (κ1) is 35.4. The van der Waals surface area contributed by atoms with Crippen LogP contribution in [-0.2, 0) is 57.0 Å². The minimum atomic E-state index is -1.15. The quantitative estimate of drug-likeness (QED) is 0.0600. The Kier molecular flexibility index (Phi) is 19.8. The second kappa shape index (κ2) is 21.3. The van der Waals surface area contributed by atoms with Crippen molar-refractivity contribution in [1.29, 1.82) is 0 Å². The third-order valence-corrected chi connectivity index (χ3v) is 4.36. The summed E-state index contributed by atoms with van der Waals surface area (Å²) in [5.74, 6) is -1.66. The number of esters is 3. The number of hydrogen-bond acceptors (Lipinski definition) is 13. The average Bonchev–Trinajstić information content (AvgIpc) is 2.91. The maximum atomic E-state index is 11.1. The lowest BCUT2D eigenvalue weighted by Crippen LogP contribution is -2.54. The van der Waals surface area contributed by atoms with Crippen molar-refractivity contribution in [2.75, 3.05) is 59.5 Å². The van der Waals surface area contributed by atoms with E-state index in [0.29, 0.717) is 0 Å². The molecule has 3 atom stereocenters. The first-order valence-corrected chi connectivity index (χ1v) is 11.9. The molecule has 0 aromatic rings. The molecule has 0 heterocycles. The second-order valence-corrected chi connectivity index (χ2v) is 7.73. The van der Waals surface area contributed by atoms with Crippen LogP contribution in [0.4, 0.5) is 0 Å². The molecule has 0 radical (unpaired) electrons. The summed E-state index contributed by atoms with van der Waals surface area (Å²) >= 11 is 0. The molecule has 0 aliphatic carbocycles. The Labute approximate surface area is 223 Å². The van der Waals surface area contributed by atoms with Gasteiger partial charge in [-0.05, 0) is 20.8 Å². The molecule has 38 heavy (non-hydrogen) atoms. The summed E-state index contributed by atoms with van der Waals surface area (Å²) in [6, 6.07) is 0. The molecular formula is C25H41NO12. The van der Waals surface area contributed by atoms with Crippen molar-refractivity contribution in [1.82, 2.24) is 0 Å². The van der Waals surface area contributed by atoms with Crippen LogP contribution in [0.2, 0.25) is 0 Å². The van der Waals surface area contributed by atoms with Crippen LogP contribution in [-0.4, -0.2) is 102 Å². The smallest absolute Gasteiger partial charge is 0.330 e. The maximum absolute atomic E-state index is 11.1. The molecule has 13 nitrogen and oxygen atoms in total. The largest absolute Gasteiger partial charge is 0.460 e. The van der Waals surface area contributed by atoms with Gasteiger partial charge in [0.2, 0.25) is 0 Å². The van der Waals surface area contributed by atoms with Gasteiger partial charge in [-0.15, -0.1) is 0 Å². The van der Waals surface area contributed by atoms with E-state index in [-0.39, 0.29) is 59.5 Å². The van der Waals surface area contributed by atoms with E-state index in [1.54, 1.807) is 20.8 Å². The summed E-state index contributed by atoms with van der Waals surface area (Å²) in [5.41, 5.74) is 5.35. The maximum Gasteiger partial charge on any atom is 0.330 e. The monoisotopic (exact) mass is 547 g/mol. The standard InChI is InChI=1S/C25H41NO12/c1-7-22(27)33-13-10-30-19(4)36-16-25(26,17-37-20(5)31-11-14-34-23(28)8-2)18-38-21(6)32-12-15-35-24(29)9-3/h7-9,19-21H,1-3,10-18,26H2,4-6H3. The van der Waals surface area contributed by atoms with Crippen LogP contribution in [0.5, 0.6) is 0 Å². The molecule has 0 amide bonds. The Morgan fingerprint density at radius 3 is 1.08 bits per heavy atom. The fraction of sp³-hybridized carbons (Fsp3) is 0.640. The van der Waals surface area contributed by atoms with Gasteiger partial charge >= 0.3 is 17.9 Å². The van der Waals surface area contributed by atoms with E-state index in [2.05, 4.69) is 19.7 Å². The van der Waals surface area contributed by atoms with E-state index in [1.807, 2.05) is 0 Å². The van der Waals surface area contributed by atoms with Crippen molar-refractivity contribution in [3.8, 4) is 0 Å². The summed E-state index contributed by atoms with van der Waals surface area (Å²) < 4.78 is 48.0. The lowest BCUT2D eigenvalue weighted by Gasteiger charge is -2.32. The van der Waals surface area contributed by atoms with Crippen molar-refractivity contribution in [2.45, 2.75) is 45.2 Å². The van der Waals surface area contributed by atoms with Gasteiger partial charge in [0.15, 0.2) is 18.9 Å². The SMILES string of the molecule is C=CC(=O)OCCOC(C)OCC(N)(COC(C)OCCOC(=O)C=C)COC(C)OCCOC(=O)C=C. The molecule has 0 fully saturated rings. The number of nitrogens with two attached hydrogens (primary N) is 1. The normalized spacial score (nSPS) is 14.8. The molecule has 0 aromatic heterocycles. The summed E-state index contributed by atoms with van der Waals surface area (Å²) in [5, 5.41) is 0. The van der Waals surface area contributed by atoms with Crippen LogP contribution in [0.3, 0.4) is 0 Å². The van der Waals surface area contributed by atoms with Gasteiger partial charge in [0.1, 0.15) is 19.8 Å². The second-order valence-electron chi connectivity index (χ2n) is 7.73. The number of ether oxygens (including phenoxy) is 9. The third-order valence-electron chi connectivity index (χ3n) is 4.36. The lowest BCUT2D eigenvalue weighted by molar-refractivity contribution is -0.196. The number of carbonyl (C=O) groups is 3. The van der Waals surface area contributed by atoms with Crippen molar-refractivity contribution in [2.24, 2.45) is 5.73 Å². The molecule has 0 spiro atoms. The van der Waals surface area contributed by atoms with Gasteiger partial charge in [0, 0.05) is 18.2 Å². The molecule has 13 heteroatoms. The molecule has 0 aliphatic heterocycles. The fourth-order valence-electron chi connectivity index (χ4n) is 2.37. The van der Waals surface area contributed by atoms with Crippen molar-refractivity contribution < 1.29 is 57.0 Å². The van der Waals surface area contributed by atoms with Gasteiger partial charge in [-0.1, -0.05) is 19.7 Å². The molecule has 3 unspecified atom stereocenters. The first-order chi connectivity index (χ1) is 18.0. The van der Waals surface area contributed by atoms with Crippen molar-refractivity contribution in [3.63, 3.8) is 0 Å². The van der Waals surface area contributed by atoms with Crippen molar-refractivity contribution >= 4 is 17.9 Å². The van der Waals surface area contributed by atoms with Crippen LogP contribution in [0.1, 0.15) is 20.8 Å². The van der Waals surface area contributed by atoms with Crippen LogP contribution < -0.4 is 5.73 Å². The molecule has 0 saturated heterocycles. The molecule has 2 N–H and O–H groups in total. The zero-order valence-corrected chi connectivity index (χ0v) is 22.4. The predicted molar refractivity (Wildman–Crippen MR) is 134 cm³/mol. The summed E-state index contributed by atoms with van der Waals surface area (Å²) in [7, 11) is 0. The highest BCUT2D eigenvalue weighted by molar-refractivity contribution is 5.81. The Morgan fingerprint density at radius 1 is 0.579 bits per heavy atom. The van der Waals surface area contributed by atoms with Gasteiger partial charge in [0.25, 0.3) is 0 Å². The van der Waals surface area contributed by atoms with Crippen LogP contribution in [0, 0.1) is 0 Å². The first-order valence-electron chi connectivity index (χ1n) is 11.9. The summed E-state index contributed by atoms with van der Waals surface area (Å²) in [6.45, 7) is 15.2. The van der Waals surface area contributed by atoms with Gasteiger partial charge < -0.3 is 48.4 Å². The van der Waals surface area contributed by atoms with Crippen LogP contribution >= 0.6 is 0 Å². The molecule has 218 valence electrons. The zero-order chi connectivity index (χ0) is 28.8. The Bertz CT molecular complexity index is 636. The minimum Gasteiger partial charge on any atom is -0.460 e. The minimum absolute atomic E-state index is 0.0338. The molecule has 0 aromatic carbocycles. The molecular weight excluding hydrogens is 506 g/mol. The van der Waals surface area contributed by atoms with Gasteiger partial charge in [-0.2, -0.15) is 0 Å². The average molecular weight is 548 g/mol. The highest BCUT2D eigenvalue weighted by Gasteiger charge is 2.30. The van der Waals surface area contributed by atoms with E-state index in [4.69, 9.17) is 48.4 Å². The van der Waals surface area contributed by atoms with E-state index in [0.717, 1.165) is 18.2 Å². The summed E-state index contributed by atoms with van der Waals surface area (Å²) in [6.07, 6.45) is 1.13. The fourth-order valence-corrected chi connectivity index (χ4v) is 2.37. The Morgan fingerprint density at radius 2 is 0.842 bits per heavy atom. The van der Waals surface area contributed by atoms with Gasteiger partial charge in [-0.25, -0.2) is 14.4 Å². The van der Waals surface area contributed by atoms with Crippen LogP contribution in [0.25, 0.3) is 0 Å². The van der Waals surface area contributed by atoms with E-state index < -0.39 is 42.3 Å². The zero-order valence-electron chi connectivity index (χ0n) is 22.4. The Balaban J connectivity index is 4.71. The molecule has 0 bridgehead atoms.